The molecule has 2 N–H and O–H groups in total. The number of carbonyl (C=O) groups is 1. The van der Waals surface area contributed by atoms with Gasteiger partial charge in [0.15, 0.2) is 0 Å². The fourth-order valence-corrected chi connectivity index (χ4v) is 3.24. The van der Waals surface area contributed by atoms with Crippen LogP contribution in [0.15, 0.2) is 45.5 Å². The van der Waals surface area contributed by atoms with Crippen molar-refractivity contribution in [1.29, 1.82) is 5.26 Å². The zero-order chi connectivity index (χ0) is 17.1. The predicted octanol–water partition coefficient (Wildman–Crippen LogP) is 3.40. The van der Waals surface area contributed by atoms with Gasteiger partial charge in [0.2, 0.25) is 5.88 Å². The van der Waals surface area contributed by atoms with Crippen LogP contribution in [0.2, 0.25) is 0 Å². The maximum atomic E-state index is 12.4. The zero-order valence-corrected chi connectivity index (χ0v) is 14.7. The van der Waals surface area contributed by atoms with Crippen molar-refractivity contribution in [2.24, 2.45) is 5.73 Å². The molecule has 2 rings (SSSR count). The average molecular weight is 377 g/mol. The van der Waals surface area contributed by atoms with Crippen LogP contribution in [0.25, 0.3) is 0 Å². The van der Waals surface area contributed by atoms with E-state index in [4.69, 9.17) is 15.2 Å². The lowest BCUT2D eigenvalue weighted by molar-refractivity contribution is -0.139. The second-order valence-electron chi connectivity index (χ2n) is 5.18. The van der Waals surface area contributed by atoms with Gasteiger partial charge in [-0.1, -0.05) is 22.0 Å². The molecule has 0 bridgehead atoms. The molecule has 0 radical (unpaired) electrons. The molecule has 1 unspecified atom stereocenters. The Morgan fingerprint density at radius 2 is 2.13 bits per heavy atom. The quantitative estimate of drug-likeness (QED) is 0.816. The third-order valence-corrected chi connectivity index (χ3v) is 3.96. The van der Waals surface area contributed by atoms with E-state index in [1.165, 1.54) is 0 Å². The molecule has 0 aromatic heterocycles. The molecule has 0 aliphatic carbocycles. The van der Waals surface area contributed by atoms with Crippen molar-refractivity contribution in [3.05, 3.63) is 56.6 Å². The number of hydrogen-bond acceptors (Lipinski definition) is 5. The van der Waals surface area contributed by atoms with Crippen LogP contribution in [0, 0.1) is 18.3 Å². The summed E-state index contributed by atoms with van der Waals surface area (Å²) < 4.78 is 11.4. The molecule has 6 heteroatoms. The molecule has 0 saturated carbocycles. The number of ether oxygens (including phenoxy) is 2. The van der Waals surface area contributed by atoms with Gasteiger partial charge in [-0.2, -0.15) is 5.26 Å². The van der Waals surface area contributed by atoms with Gasteiger partial charge in [-0.3, -0.25) is 0 Å². The minimum absolute atomic E-state index is 0.0145. The standard InChI is InChI=1S/C17H17BrN2O3/c1-4-22-17(21)14-10(3)23-16(20)13(8-19)15(14)11-5-9(2)6-12(18)7-11/h5-7,15H,4,20H2,1-3H3. The van der Waals surface area contributed by atoms with Crippen LogP contribution in [0.3, 0.4) is 0 Å². The molecule has 0 spiro atoms. The Morgan fingerprint density at radius 1 is 1.43 bits per heavy atom. The fraction of sp³-hybridized carbons (Fsp3) is 0.294. The number of benzene rings is 1. The maximum absolute atomic E-state index is 12.4. The highest BCUT2D eigenvalue weighted by molar-refractivity contribution is 9.10. The van der Waals surface area contributed by atoms with Gasteiger partial charge in [0.25, 0.3) is 0 Å². The van der Waals surface area contributed by atoms with Gasteiger partial charge in [-0.25, -0.2) is 4.79 Å². The van der Waals surface area contributed by atoms with Gasteiger partial charge in [-0.05, 0) is 44.0 Å². The van der Waals surface area contributed by atoms with E-state index in [0.717, 1.165) is 15.6 Å². The second kappa shape index (κ2) is 6.88. The first-order chi connectivity index (χ1) is 10.9. The minimum Gasteiger partial charge on any atom is -0.463 e. The summed E-state index contributed by atoms with van der Waals surface area (Å²) >= 11 is 3.45. The van der Waals surface area contributed by atoms with Gasteiger partial charge >= 0.3 is 5.97 Å². The molecule has 1 aromatic carbocycles. The first-order valence-corrected chi connectivity index (χ1v) is 7.90. The van der Waals surface area contributed by atoms with Crippen LogP contribution in [0.4, 0.5) is 0 Å². The largest absolute Gasteiger partial charge is 0.463 e. The van der Waals surface area contributed by atoms with E-state index in [1.807, 2.05) is 25.1 Å². The first-order valence-electron chi connectivity index (χ1n) is 7.11. The predicted molar refractivity (Wildman–Crippen MR) is 88.9 cm³/mol. The molecule has 23 heavy (non-hydrogen) atoms. The highest BCUT2D eigenvalue weighted by Crippen LogP contribution is 2.40. The molecule has 1 aliphatic heterocycles. The summed E-state index contributed by atoms with van der Waals surface area (Å²) in [5.41, 5.74) is 8.14. The van der Waals surface area contributed by atoms with Crippen molar-refractivity contribution in [3.8, 4) is 6.07 Å². The Balaban J connectivity index is 2.66. The molecule has 0 amide bonds. The molecular weight excluding hydrogens is 360 g/mol. The summed E-state index contributed by atoms with van der Waals surface area (Å²) in [4.78, 5) is 12.4. The molecular formula is C17H17BrN2O3. The van der Waals surface area contributed by atoms with Crippen LogP contribution >= 0.6 is 15.9 Å². The lowest BCUT2D eigenvalue weighted by Crippen LogP contribution is -2.25. The summed E-state index contributed by atoms with van der Waals surface area (Å²) in [6.45, 7) is 5.55. The topological polar surface area (TPSA) is 85.3 Å². The first kappa shape index (κ1) is 17.1. The van der Waals surface area contributed by atoms with Crippen molar-refractivity contribution in [2.75, 3.05) is 6.61 Å². The highest BCUT2D eigenvalue weighted by Gasteiger charge is 2.36. The Morgan fingerprint density at radius 3 is 2.70 bits per heavy atom. The SMILES string of the molecule is CCOC(=O)C1=C(C)OC(N)=C(C#N)C1c1cc(C)cc(Br)c1. The normalized spacial score (nSPS) is 17.6. The van der Waals surface area contributed by atoms with Gasteiger partial charge in [0, 0.05) is 4.47 Å². The number of halogens is 1. The van der Waals surface area contributed by atoms with E-state index in [9.17, 15) is 10.1 Å². The molecule has 120 valence electrons. The number of nitrogens with two attached hydrogens (primary N) is 1. The molecule has 1 aliphatic rings. The van der Waals surface area contributed by atoms with E-state index >= 15 is 0 Å². The van der Waals surface area contributed by atoms with E-state index < -0.39 is 11.9 Å². The smallest absolute Gasteiger partial charge is 0.338 e. The summed E-state index contributed by atoms with van der Waals surface area (Å²) in [6, 6.07) is 7.78. The lowest BCUT2D eigenvalue weighted by atomic mass is 9.82. The minimum atomic E-state index is -0.607. The summed E-state index contributed by atoms with van der Waals surface area (Å²) in [7, 11) is 0. The van der Waals surface area contributed by atoms with Gasteiger partial charge in [-0.15, -0.1) is 0 Å². The van der Waals surface area contributed by atoms with Crippen molar-refractivity contribution >= 4 is 21.9 Å². The molecule has 1 atom stereocenters. The van der Waals surface area contributed by atoms with Gasteiger partial charge in [0.05, 0.1) is 18.1 Å². The number of nitriles is 1. The fourth-order valence-electron chi connectivity index (χ4n) is 2.62. The molecule has 5 nitrogen and oxygen atoms in total. The van der Waals surface area contributed by atoms with E-state index in [1.54, 1.807) is 13.8 Å². The number of nitrogens with zero attached hydrogens (tertiary/aromatic N) is 1. The number of esters is 1. The Kier molecular flexibility index (Phi) is 5.12. The third-order valence-electron chi connectivity index (χ3n) is 3.50. The van der Waals surface area contributed by atoms with Crippen LogP contribution in [0.1, 0.15) is 30.9 Å². The zero-order valence-electron chi connectivity index (χ0n) is 13.1. The number of rotatable bonds is 3. The van der Waals surface area contributed by atoms with Crippen molar-refractivity contribution in [3.63, 3.8) is 0 Å². The number of carbonyl (C=O) groups excluding carboxylic acids is 1. The van der Waals surface area contributed by atoms with Crippen LogP contribution in [0.5, 0.6) is 0 Å². The van der Waals surface area contributed by atoms with E-state index in [0.29, 0.717) is 11.3 Å². The van der Waals surface area contributed by atoms with Crippen LogP contribution in [-0.4, -0.2) is 12.6 Å². The summed E-state index contributed by atoms with van der Waals surface area (Å²) in [6.07, 6.45) is 0. The Hall–Kier alpha value is -2.26. The Bertz CT molecular complexity index is 739. The monoisotopic (exact) mass is 376 g/mol. The van der Waals surface area contributed by atoms with E-state index in [2.05, 4.69) is 22.0 Å². The van der Waals surface area contributed by atoms with Crippen molar-refractivity contribution in [2.45, 2.75) is 26.7 Å². The molecule has 0 saturated heterocycles. The molecule has 1 heterocycles. The third kappa shape index (κ3) is 3.40. The lowest BCUT2D eigenvalue weighted by Gasteiger charge is -2.27. The maximum Gasteiger partial charge on any atom is 0.338 e. The summed E-state index contributed by atoms with van der Waals surface area (Å²) in [5, 5.41) is 9.49. The summed E-state index contributed by atoms with van der Waals surface area (Å²) in [5.74, 6) is -0.750. The van der Waals surface area contributed by atoms with Gasteiger partial charge < -0.3 is 15.2 Å². The van der Waals surface area contributed by atoms with Crippen molar-refractivity contribution in [1.82, 2.24) is 0 Å². The number of aryl methyl sites for hydroxylation is 1. The van der Waals surface area contributed by atoms with Gasteiger partial charge in [0.1, 0.15) is 17.4 Å². The highest BCUT2D eigenvalue weighted by atomic mass is 79.9. The van der Waals surface area contributed by atoms with Crippen molar-refractivity contribution < 1.29 is 14.3 Å². The number of hydrogen-bond donors (Lipinski definition) is 1. The van der Waals surface area contributed by atoms with E-state index in [-0.39, 0.29) is 18.1 Å². The molecule has 0 fully saturated rings. The molecule has 1 aromatic rings. The second-order valence-corrected chi connectivity index (χ2v) is 6.09. The Labute approximate surface area is 143 Å². The number of allylic oxidation sites excluding steroid dienone is 2. The average Bonchev–Trinajstić information content (AvgIpc) is 2.45. The van der Waals surface area contributed by atoms with Crippen LogP contribution < -0.4 is 5.73 Å². The van der Waals surface area contributed by atoms with Crippen LogP contribution in [-0.2, 0) is 14.3 Å².